The van der Waals surface area contributed by atoms with Gasteiger partial charge in [-0.15, -0.1) is 0 Å². The summed E-state index contributed by atoms with van der Waals surface area (Å²) in [6.07, 6.45) is 2.38. The van der Waals surface area contributed by atoms with Crippen LogP contribution >= 0.6 is 23.8 Å². The standard InChI is InChI=1S/C22H21ClN2O4S/c1-4-13(2)29-18-10-5-14(12-19(18)28-3)11-17-20(26)24-22(30)25(21(17)27)16-8-6-15(23)7-9-16/h5-13H,4H2,1-3H3,(H,24,26,30). The average Bonchev–Trinajstić information content (AvgIpc) is 2.73. The molecule has 0 saturated carbocycles. The third-order valence-electron chi connectivity index (χ3n) is 4.59. The fourth-order valence-corrected chi connectivity index (χ4v) is 3.23. The van der Waals surface area contributed by atoms with Gasteiger partial charge in [-0.25, -0.2) is 0 Å². The van der Waals surface area contributed by atoms with E-state index in [0.717, 1.165) is 6.42 Å². The maximum Gasteiger partial charge on any atom is 0.270 e. The molecule has 0 aromatic heterocycles. The molecule has 3 rings (SSSR count). The zero-order valence-corrected chi connectivity index (χ0v) is 18.3. The highest BCUT2D eigenvalue weighted by molar-refractivity contribution is 7.80. The van der Waals surface area contributed by atoms with Crippen LogP contribution in [0.1, 0.15) is 25.8 Å². The van der Waals surface area contributed by atoms with E-state index in [4.69, 9.17) is 33.3 Å². The van der Waals surface area contributed by atoms with Crippen LogP contribution in [0, 0.1) is 0 Å². The van der Waals surface area contributed by atoms with Gasteiger partial charge < -0.3 is 9.47 Å². The number of amides is 2. The van der Waals surface area contributed by atoms with Gasteiger partial charge >= 0.3 is 0 Å². The summed E-state index contributed by atoms with van der Waals surface area (Å²) in [5, 5.41) is 3.10. The highest BCUT2D eigenvalue weighted by Crippen LogP contribution is 2.31. The lowest BCUT2D eigenvalue weighted by Crippen LogP contribution is -2.54. The Morgan fingerprint density at radius 1 is 1.17 bits per heavy atom. The van der Waals surface area contributed by atoms with Gasteiger partial charge in [0, 0.05) is 5.02 Å². The van der Waals surface area contributed by atoms with Crippen molar-refractivity contribution in [1.29, 1.82) is 0 Å². The van der Waals surface area contributed by atoms with Crippen LogP contribution in [0.25, 0.3) is 6.08 Å². The summed E-state index contributed by atoms with van der Waals surface area (Å²) >= 11 is 11.1. The maximum atomic E-state index is 13.1. The third-order valence-corrected chi connectivity index (χ3v) is 5.12. The smallest absolute Gasteiger partial charge is 0.270 e. The number of nitrogens with zero attached hydrogens (tertiary/aromatic N) is 1. The molecule has 0 bridgehead atoms. The average molecular weight is 445 g/mol. The van der Waals surface area contributed by atoms with Gasteiger partial charge in [0.2, 0.25) is 0 Å². The van der Waals surface area contributed by atoms with Gasteiger partial charge in [-0.1, -0.05) is 24.6 Å². The molecule has 0 aliphatic carbocycles. The Bertz CT molecular complexity index is 1020. The lowest BCUT2D eigenvalue weighted by Gasteiger charge is -2.29. The first-order valence-electron chi connectivity index (χ1n) is 9.35. The molecule has 2 aromatic carbocycles. The number of hydrogen-bond acceptors (Lipinski definition) is 5. The molecule has 0 radical (unpaired) electrons. The minimum atomic E-state index is -0.561. The quantitative estimate of drug-likeness (QED) is 0.407. The van der Waals surface area contributed by atoms with Crippen molar-refractivity contribution < 1.29 is 19.1 Å². The van der Waals surface area contributed by atoms with Crippen LogP contribution in [0.2, 0.25) is 5.02 Å². The first-order chi connectivity index (χ1) is 14.3. The van der Waals surface area contributed by atoms with E-state index in [2.05, 4.69) is 5.32 Å². The summed E-state index contributed by atoms with van der Waals surface area (Å²) in [5.41, 5.74) is 1.08. The molecule has 1 fully saturated rings. The van der Waals surface area contributed by atoms with E-state index in [1.165, 1.54) is 18.1 Å². The van der Waals surface area contributed by atoms with Crippen molar-refractivity contribution in [3.05, 3.63) is 58.6 Å². The van der Waals surface area contributed by atoms with Crippen molar-refractivity contribution in [2.45, 2.75) is 26.4 Å². The second kappa shape index (κ2) is 9.28. The molecular formula is C22H21ClN2O4S. The summed E-state index contributed by atoms with van der Waals surface area (Å²) < 4.78 is 11.3. The van der Waals surface area contributed by atoms with Gasteiger partial charge in [-0.2, -0.15) is 0 Å². The molecule has 2 aromatic rings. The summed E-state index contributed by atoms with van der Waals surface area (Å²) in [7, 11) is 1.54. The van der Waals surface area contributed by atoms with Crippen molar-refractivity contribution in [2.75, 3.05) is 12.0 Å². The number of carbonyl (C=O) groups excluding carboxylic acids is 2. The minimum Gasteiger partial charge on any atom is -0.493 e. The van der Waals surface area contributed by atoms with E-state index < -0.39 is 11.8 Å². The topological polar surface area (TPSA) is 67.9 Å². The lowest BCUT2D eigenvalue weighted by molar-refractivity contribution is -0.122. The molecule has 1 unspecified atom stereocenters. The molecule has 1 atom stereocenters. The summed E-state index contributed by atoms with van der Waals surface area (Å²) in [6.45, 7) is 3.99. The van der Waals surface area contributed by atoms with Crippen LogP contribution < -0.4 is 19.7 Å². The third kappa shape index (κ3) is 4.63. The monoisotopic (exact) mass is 444 g/mol. The molecule has 8 heteroatoms. The van der Waals surface area contributed by atoms with Crippen molar-refractivity contribution in [3.63, 3.8) is 0 Å². The maximum absolute atomic E-state index is 13.1. The Hall–Kier alpha value is -2.90. The van der Waals surface area contributed by atoms with Crippen LogP contribution in [0.15, 0.2) is 48.0 Å². The Morgan fingerprint density at radius 3 is 2.50 bits per heavy atom. The van der Waals surface area contributed by atoms with Crippen molar-refractivity contribution in [3.8, 4) is 11.5 Å². The normalized spacial score (nSPS) is 16.5. The van der Waals surface area contributed by atoms with Crippen molar-refractivity contribution in [2.24, 2.45) is 0 Å². The molecule has 0 spiro atoms. The van der Waals surface area contributed by atoms with E-state index >= 15 is 0 Å². The highest BCUT2D eigenvalue weighted by Gasteiger charge is 2.34. The van der Waals surface area contributed by atoms with Gasteiger partial charge in [-0.05, 0) is 73.6 Å². The molecule has 1 aliphatic heterocycles. The predicted octanol–water partition coefficient (Wildman–Crippen LogP) is 4.36. The summed E-state index contributed by atoms with van der Waals surface area (Å²) in [5.74, 6) is 0.0230. The fraction of sp³-hybridized carbons (Fsp3) is 0.227. The largest absolute Gasteiger partial charge is 0.493 e. The van der Waals surface area contributed by atoms with Gasteiger partial charge in [0.1, 0.15) is 5.57 Å². The van der Waals surface area contributed by atoms with Crippen LogP contribution in [-0.2, 0) is 9.59 Å². The van der Waals surface area contributed by atoms with E-state index in [1.54, 1.807) is 42.5 Å². The number of hydrogen-bond donors (Lipinski definition) is 1. The number of thiocarbonyl (C=S) groups is 1. The number of anilines is 1. The zero-order valence-electron chi connectivity index (χ0n) is 16.8. The number of nitrogens with one attached hydrogen (secondary N) is 1. The Morgan fingerprint density at radius 2 is 1.87 bits per heavy atom. The van der Waals surface area contributed by atoms with E-state index in [1.807, 2.05) is 13.8 Å². The minimum absolute atomic E-state index is 0.0133. The van der Waals surface area contributed by atoms with Gasteiger partial charge in [0.25, 0.3) is 11.8 Å². The predicted molar refractivity (Wildman–Crippen MR) is 121 cm³/mol. The van der Waals surface area contributed by atoms with Crippen molar-refractivity contribution in [1.82, 2.24) is 5.32 Å². The van der Waals surface area contributed by atoms with Crippen LogP contribution in [0.3, 0.4) is 0 Å². The van der Waals surface area contributed by atoms with E-state index in [9.17, 15) is 9.59 Å². The number of rotatable bonds is 6. The summed E-state index contributed by atoms with van der Waals surface area (Å²) in [6, 6.07) is 11.8. The zero-order chi connectivity index (χ0) is 21.8. The first kappa shape index (κ1) is 21.8. The second-order valence-corrected chi connectivity index (χ2v) is 7.50. The number of halogens is 1. The molecule has 30 heavy (non-hydrogen) atoms. The Labute approximate surface area is 185 Å². The molecule has 1 saturated heterocycles. The SMILES string of the molecule is CCC(C)Oc1ccc(C=C2C(=O)NC(=S)N(c3ccc(Cl)cc3)C2=O)cc1OC. The number of benzene rings is 2. The second-order valence-electron chi connectivity index (χ2n) is 6.68. The van der Waals surface area contributed by atoms with Gasteiger partial charge in [-0.3, -0.25) is 19.8 Å². The number of methoxy groups -OCH3 is 1. The number of ether oxygens (including phenoxy) is 2. The first-order valence-corrected chi connectivity index (χ1v) is 10.1. The molecule has 6 nitrogen and oxygen atoms in total. The number of carbonyl (C=O) groups is 2. The molecule has 1 N–H and O–H groups in total. The summed E-state index contributed by atoms with van der Waals surface area (Å²) in [4.78, 5) is 26.8. The molecule has 1 heterocycles. The van der Waals surface area contributed by atoms with Crippen LogP contribution in [-0.4, -0.2) is 30.1 Å². The molecule has 2 amide bonds. The lowest BCUT2D eigenvalue weighted by atomic mass is 10.1. The van der Waals surface area contributed by atoms with Crippen LogP contribution in [0.4, 0.5) is 5.69 Å². The Balaban J connectivity index is 1.95. The van der Waals surface area contributed by atoms with Crippen LogP contribution in [0.5, 0.6) is 11.5 Å². The van der Waals surface area contributed by atoms with Gasteiger partial charge in [0.15, 0.2) is 16.6 Å². The van der Waals surface area contributed by atoms with E-state index in [0.29, 0.717) is 27.8 Å². The Kier molecular flexibility index (Phi) is 6.74. The highest BCUT2D eigenvalue weighted by atomic mass is 35.5. The van der Waals surface area contributed by atoms with E-state index in [-0.39, 0.29) is 16.8 Å². The van der Waals surface area contributed by atoms with Crippen molar-refractivity contribution >= 4 is 52.5 Å². The molecule has 1 aliphatic rings. The molecular weight excluding hydrogens is 424 g/mol. The fourth-order valence-electron chi connectivity index (χ4n) is 2.82. The molecule has 156 valence electrons. The van der Waals surface area contributed by atoms with Gasteiger partial charge in [0.05, 0.1) is 18.9 Å².